The summed E-state index contributed by atoms with van der Waals surface area (Å²) in [7, 11) is 0. The van der Waals surface area contributed by atoms with Crippen LogP contribution in [0.1, 0.15) is 36.2 Å². The van der Waals surface area contributed by atoms with Crippen LogP contribution in [0.2, 0.25) is 0 Å². The number of hydrogen-bond acceptors (Lipinski definition) is 2. The SMILES string of the molecule is CCC(C)N1CCc2cc(C(=O)O)ccc21. The Morgan fingerprint density at radius 1 is 1.56 bits per heavy atom. The number of hydrogen-bond donors (Lipinski definition) is 1. The average Bonchev–Trinajstić information content (AvgIpc) is 2.70. The van der Waals surface area contributed by atoms with Crippen LogP contribution in [-0.2, 0) is 6.42 Å². The molecule has 0 saturated carbocycles. The number of aromatic carboxylic acids is 1. The molecular weight excluding hydrogens is 202 g/mol. The summed E-state index contributed by atoms with van der Waals surface area (Å²) >= 11 is 0. The van der Waals surface area contributed by atoms with Crippen molar-refractivity contribution in [2.24, 2.45) is 0 Å². The molecule has 0 aromatic heterocycles. The normalized spacial score (nSPS) is 16.0. The van der Waals surface area contributed by atoms with E-state index < -0.39 is 5.97 Å². The fourth-order valence-electron chi connectivity index (χ4n) is 2.24. The smallest absolute Gasteiger partial charge is 0.335 e. The van der Waals surface area contributed by atoms with E-state index >= 15 is 0 Å². The highest BCUT2D eigenvalue weighted by Crippen LogP contribution is 2.31. The van der Waals surface area contributed by atoms with Crippen LogP contribution in [0, 0.1) is 0 Å². The number of anilines is 1. The van der Waals surface area contributed by atoms with Crippen LogP contribution in [0.4, 0.5) is 5.69 Å². The summed E-state index contributed by atoms with van der Waals surface area (Å²) in [6.45, 7) is 5.39. The van der Waals surface area contributed by atoms with E-state index in [0.29, 0.717) is 11.6 Å². The molecule has 1 aromatic rings. The number of nitrogens with zero attached hydrogens (tertiary/aromatic N) is 1. The summed E-state index contributed by atoms with van der Waals surface area (Å²) in [5, 5.41) is 8.92. The molecule has 1 N–H and O–H groups in total. The van der Waals surface area contributed by atoms with Crippen LogP contribution in [0.3, 0.4) is 0 Å². The van der Waals surface area contributed by atoms with E-state index in [1.165, 1.54) is 11.3 Å². The van der Waals surface area contributed by atoms with E-state index in [1.807, 2.05) is 6.07 Å². The first-order chi connectivity index (χ1) is 7.63. The maximum Gasteiger partial charge on any atom is 0.335 e. The van der Waals surface area contributed by atoms with Gasteiger partial charge in [-0.1, -0.05) is 6.92 Å². The Labute approximate surface area is 95.7 Å². The molecule has 16 heavy (non-hydrogen) atoms. The Bertz CT molecular complexity index is 414. The van der Waals surface area contributed by atoms with Gasteiger partial charge < -0.3 is 10.0 Å². The second-order valence-electron chi connectivity index (χ2n) is 4.35. The average molecular weight is 219 g/mol. The molecule has 86 valence electrons. The van der Waals surface area contributed by atoms with Gasteiger partial charge in [0.05, 0.1) is 5.56 Å². The van der Waals surface area contributed by atoms with Gasteiger partial charge in [0.1, 0.15) is 0 Å². The molecule has 0 fully saturated rings. The minimum atomic E-state index is -0.843. The van der Waals surface area contributed by atoms with Gasteiger partial charge in [0.15, 0.2) is 0 Å². The van der Waals surface area contributed by atoms with Gasteiger partial charge in [-0.3, -0.25) is 0 Å². The lowest BCUT2D eigenvalue weighted by molar-refractivity contribution is 0.0697. The Hall–Kier alpha value is -1.51. The number of benzene rings is 1. The number of carbonyl (C=O) groups is 1. The zero-order chi connectivity index (χ0) is 11.7. The molecule has 1 atom stereocenters. The topological polar surface area (TPSA) is 40.5 Å². The summed E-state index contributed by atoms with van der Waals surface area (Å²) < 4.78 is 0. The summed E-state index contributed by atoms with van der Waals surface area (Å²) in [6.07, 6.45) is 2.07. The van der Waals surface area contributed by atoms with Crippen LogP contribution < -0.4 is 4.90 Å². The van der Waals surface area contributed by atoms with Crippen LogP contribution in [0.5, 0.6) is 0 Å². The van der Waals surface area contributed by atoms with Gasteiger partial charge in [-0.05, 0) is 43.5 Å². The Kier molecular flexibility index (Phi) is 2.86. The van der Waals surface area contributed by atoms with E-state index in [0.717, 1.165) is 19.4 Å². The molecule has 0 spiro atoms. The molecule has 1 aliphatic heterocycles. The summed E-state index contributed by atoms with van der Waals surface area (Å²) in [6, 6.07) is 5.97. The minimum Gasteiger partial charge on any atom is -0.478 e. The number of fused-ring (bicyclic) bond motifs is 1. The Morgan fingerprint density at radius 3 is 2.94 bits per heavy atom. The highest BCUT2D eigenvalue weighted by Gasteiger charge is 2.23. The fourth-order valence-corrected chi connectivity index (χ4v) is 2.24. The highest BCUT2D eigenvalue weighted by atomic mass is 16.4. The zero-order valence-electron chi connectivity index (χ0n) is 9.73. The largest absolute Gasteiger partial charge is 0.478 e. The van der Waals surface area contributed by atoms with Crippen LogP contribution in [0.25, 0.3) is 0 Å². The van der Waals surface area contributed by atoms with E-state index in [-0.39, 0.29) is 0 Å². The molecule has 1 heterocycles. The van der Waals surface area contributed by atoms with Crippen LogP contribution >= 0.6 is 0 Å². The van der Waals surface area contributed by atoms with Gasteiger partial charge in [0, 0.05) is 18.3 Å². The van der Waals surface area contributed by atoms with Crippen molar-refractivity contribution in [2.75, 3.05) is 11.4 Å². The van der Waals surface area contributed by atoms with Crippen molar-refractivity contribution in [1.29, 1.82) is 0 Å². The number of carboxylic acids is 1. The molecule has 2 rings (SSSR count). The summed E-state index contributed by atoms with van der Waals surface area (Å²) in [4.78, 5) is 13.2. The second kappa shape index (κ2) is 4.16. The molecule has 3 nitrogen and oxygen atoms in total. The first kappa shape index (κ1) is 11.0. The molecule has 0 aliphatic carbocycles. The minimum absolute atomic E-state index is 0.393. The van der Waals surface area contributed by atoms with Crippen molar-refractivity contribution >= 4 is 11.7 Å². The van der Waals surface area contributed by atoms with Crippen molar-refractivity contribution < 1.29 is 9.90 Å². The first-order valence-corrected chi connectivity index (χ1v) is 5.76. The third-order valence-electron chi connectivity index (χ3n) is 3.38. The van der Waals surface area contributed by atoms with Gasteiger partial charge in [0.25, 0.3) is 0 Å². The molecule has 0 radical (unpaired) electrons. The van der Waals surface area contributed by atoms with Gasteiger partial charge in [-0.25, -0.2) is 4.79 Å². The van der Waals surface area contributed by atoms with Crippen LogP contribution in [0.15, 0.2) is 18.2 Å². The van der Waals surface area contributed by atoms with Crippen LogP contribution in [-0.4, -0.2) is 23.7 Å². The fraction of sp³-hybridized carbons (Fsp3) is 0.462. The van der Waals surface area contributed by atoms with Crippen molar-refractivity contribution in [3.63, 3.8) is 0 Å². The zero-order valence-corrected chi connectivity index (χ0v) is 9.73. The third-order valence-corrected chi connectivity index (χ3v) is 3.38. The summed E-state index contributed by atoms with van der Waals surface area (Å²) in [5.41, 5.74) is 2.77. The lowest BCUT2D eigenvalue weighted by Crippen LogP contribution is -2.30. The molecule has 1 aliphatic rings. The van der Waals surface area contributed by atoms with Gasteiger partial charge in [-0.15, -0.1) is 0 Å². The second-order valence-corrected chi connectivity index (χ2v) is 4.35. The predicted octanol–water partition coefficient (Wildman–Crippen LogP) is 2.55. The molecule has 0 bridgehead atoms. The molecule has 0 saturated heterocycles. The third kappa shape index (κ3) is 1.77. The Balaban J connectivity index is 2.32. The Morgan fingerprint density at radius 2 is 2.31 bits per heavy atom. The van der Waals surface area contributed by atoms with E-state index in [4.69, 9.17) is 5.11 Å². The highest BCUT2D eigenvalue weighted by molar-refractivity contribution is 5.88. The van der Waals surface area contributed by atoms with Gasteiger partial charge in [-0.2, -0.15) is 0 Å². The number of carboxylic acid groups (broad SMARTS) is 1. The van der Waals surface area contributed by atoms with E-state index in [9.17, 15) is 4.79 Å². The lowest BCUT2D eigenvalue weighted by atomic mass is 10.1. The van der Waals surface area contributed by atoms with E-state index in [2.05, 4.69) is 18.7 Å². The van der Waals surface area contributed by atoms with Crippen molar-refractivity contribution in [1.82, 2.24) is 0 Å². The maximum atomic E-state index is 10.9. The molecule has 1 aromatic carbocycles. The quantitative estimate of drug-likeness (QED) is 0.849. The first-order valence-electron chi connectivity index (χ1n) is 5.76. The predicted molar refractivity (Wildman–Crippen MR) is 64.2 cm³/mol. The lowest BCUT2D eigenvalue weighted by Gasteiger charge is -2.26. The maximum absolute atomic E-state index is 10.9. The van der Waals surface area contributed by atoms with Crippen molar-refractivity contribution in [3.05, 3.63) is 29.3 Å². The molecule has 1 unspecified atom stereocenters. The monoisotopic (exact) mass is 219 g/mol. The van der Waals surface area contributed by atoms with E-state index in [1.54, 1.807) is 12.1 Å². The molecular formula is C13H17NO2. The van der Waals surface area contributed by atoms with Crippen molar-refractivity contribution in [3.8, 4) is 0 Å². The summed E-state index contributed by atoms with van der Waals surface area (Å²) in [5.74, 6) is -0.843. The molecule has 3 heteroatoms. The molecule has 0 amide bonds. The van der Waals surface area contributed by atoms with Gasteiger partial charge in [0.2, 0.25) is 0 Å². The van der Waals surface area contributed by atoms with Gasteiger partial charge >= 0.3 is 5.97 Å². The van der Waals surface area contributed by atoms with Crippen molar-refractivity contribution in [2.45, 2.75) is 32.7 Å². The standard InChI is InChI=1S/C13H17NO2/c1-3-9(2)14-7-6-10-8-11(13(15)16)4-5-12(10)14/h4-5,8-9H,3,6-7H2,1-2H3,(H,15,16). The number of rotatable bonds is 3.